The molecular formula is C31H44N4O10. The van der Waals surface area contributed by atoms with Crippen molar-refractivity contribution in [3.63, 3.8) is 0 Å². The summed E-state index contributed by atoms with van der Waals surface area (Å²) in [5, 5.41) is 8.19. The van der Waals surface area contributed by atoms with Gasteiger partial charge in [-0.2, -0.15) is 0 Å². The zero-order chi connectivity index (χ0) is 32.7. The molecule has 248 valence electrons. The van der Waals surface area contributed by atoms with E-state index in [2.05, 4.69) is 16.0 Å². The van der Waals surface area contributed by atoms with Crippen LogP contribution in [-0.4, -0.2) is 113 Å². The molecule has 0 unspecified atom stereocenters. The number of carbonyl (C=O) groups excluding carboxylic acids is 6. The van der Waals surface area contributed by atoms with Crippen molar-refractivity contribution >= 4 is 41.0 Å². The second-order valence-corrected chi connectivity index (χ2v) is 10.0. The van der Waals surface area contributed by atoms with Gasteiger partial charge < -0.3 is 34.9 Å². The first-order valence-electron chi connectivity index (χ1n) is 15.0. The molecule has 1 aliphatic heterocycles. The lowest BCUT2D eigenvalue weighted by Crippen LogP contribution is -2.35. The molecule has 0 spiro atoms. The van der Waals surface area contributed by atoms with E-state index in [4.69, 9.17) is 18.9 Å². The van der Waals surface area contributed by atoms with Crippen molar-refractivity contribution in [3.05, 3.63) is 42.0 Å². The first-order chi connectivity index (χ1) is 21.7. The molecule has 1 aliphatic rings. The van der Waals surface area contributed by atoms with Crippen LogP contribution in [0.1, 0.15) is 38.2 Å². The number of nitrogens with one attached hydrogen (secondary N) is 3. The first-order valence-corrected chi connectivity index (χ1v) is 15.0. The van der Waals surface area contributed by atoms with Gasteiger partial charge in [-0.25, -0.2) is 0 Å². The predicted molar refractivity (Wildman–Crippen MR) is 163 cm³/mol. The third kappa shape index (κ3) is 17.8. The molecule has 45 heavy (non-hydrogen) atoms. The van der Waals surface area contributed by atoms with E-state index < -0.39 is 11.8 Å². The molecule has 3 N–H and O–H groups in total. The molecule has 14 nitrogen and oxygen atoms in total. The van der Waals surface area contributed by atoms with Crippen LogP contribution in [0.15, 0.2) is 36.4 Å². The quantitative estimate of drug-likeness (QED) is 0.102. The van der Waals surface area contributed by atoms with Gasteiger partial charge in [-0.3, -0.25) is 33.7 Å². The van der Waals surface area contributed by atoms with E-state index in [1.807, 2.05) is 12.1 Å². The molecule has 2 rings (SSSR count). The summed E-state index contributed by atoms with van der Waals surface area (Å²) in [4.78, 5) is 70.5. The van der Waals surface area contributed by atoms with Crippen LogP contribution in [0.3, 0.4) is 0 Å². The van der Waals surface area contributed by atoms with Gasteiger partial charge in [-0.15, -0.1) is 0 Å². The minimum absolute atomic E-state index is 0.0375. The average Bonchev–Trinajstić information content (AvgIpc) is 3.33. The number of nitrogens with zero attached hydrogens (tertiary/aromatic N) is 1. The summed E-state index contributed by atoms with van der Waals surface area (Å²) >= 11 is 0. The van der Waals surface area contributed by atoms with Crippen molar-refractivity contribution in [2.24, 2.45) is 0 Å². The minimum atomic E-state index is -0.408. The Bertz CT molecular complexity index is 1120. The molecule has 0 aliphatic carbocycles. The van der Waals surface area contributed by atoms with Crippen molar-refractivity contribution in [1.82, 2.24) is 15.5 Å². The fraction of sp³-hybridized carbons (Fsp3) is 0.548. The van der Waals surface area contributed by atoms with Crippen LogP contribution in [0.2, 0.25) is 0 Å². The number of anilines is 1. The number of amides is 5. The fourth-order valence-electron chi connectivity index (χ4n) is 3.84. The number of benzene rings is 1. The number of Topliss-reactive ketones (excluding diaryl/α,β-unsaturated/α-hetero) is 1. The Kier molecular flexibility index (Phi) is 18.6. The second-order valence-electron chi connectivity index (χ2n) is 10.0. The van der Waals surface area contributed by atoms with E-state index in [0.29, 0.717) is 84.3 Å². The van der Waals surface area contributed by atoms with Crippen molar-refractivity contribution < 1.29 is 47.7 Å². The summed E-state index contributed by atoms with van der Waals surface area (Å²) in [6.45, 7) is 4.99. The number of hydrogen-bond donors (Lipinski definition) is 3. The highest BCUT2D eigenvalue weighted by Gasteiger charge is 2.23. The molecule has 1 aromatic rings. The SMILES string of the molecule is CC(=O)CCNC(=O)CCc1ccc(NC(=O)CCOCCOCCOCCOCCNC(=O)CCN2C(=O)C=CC2=O)cc1. The van der Waals surface area contributed by atoms with Gasteiger partial charge in [0.1, 0.15) is 5.78 Å². The lowest BCUT2D eigenvalue weighted by Gasteiger charge is -2.13. The molecule has 0 fully saturated rings. The lowest BCUT2D eigenvalue weighted by molar-refractivity contribution is -0.137. The van der Waals surface area contributed by atoms with Crippen LogP contribution in [0.4, 0.5) is 5.69 Å². The number of imide groups is 1. The summed E-state index contributed by atoms with van der Waals surface area (Å²) in [6.07, 6.45) is 3.83. The highest BCUT2D eigenvalue weighted by Crippen LogP contribution is 2.11. The second kappa shape index (κ2) is 22.5. The van der Waals surface area contributed by atoms with Crippen LogP contribution in [0.25, 0.3) is 0 Å². The Morgan fingerprint density at radius 2 is 1.16 bits per heavy atom. The molecule has 0 saturated carbocycles. The summed E-state index contributed by atoms with van der Waals surface area (Å²) in [7, 11) is 0. The highest BCUT2D eigenvalue weighted by molar-refractivity contribution is 6.13. The Labute approximate surface area is 263 Å². The van der Waals surface area contributed by atoms with Crippen LogP contribution in [0, 0.1) is 0 Å². The molecule has 0 bridgehead atoms. The monoisotopic (exact) mass is 632 g/mol. The van der Waals surface area contributed by atoms with Crippen molar-refractivity contribution in [2.45, 2.75) is 39.0 Å². The molecule has 14 heteroatoms. The maximum atomic E-state index is 12.1. The largest absolute Gasteiger partial charge is 0.379 e. The average molecular weight is 633 g/mol. The molecule has 0 aromatic heterocycles. The molecule has 0 radical (unpaired) electrons. The number of hydrogen-bond acceptors (Lipinski definition) is 10. The maximum Gasteiger partial charge on any atom is 0.253 e. The predicted octanol–water partition coefficient (Wildman–Crippen LogP) is 0.541. The van der Waals surface area contributed by atoms with Gasteiger partial charge in [-0.1, -0.05) is 12.1 Å². The van der Waals surface area contributed by atoms with Crippen LogP contribution in [0.5, 0.6) is 0 Å². The normalized spacial score (nSPS) is 12.4. The van der Waals surface area contributed by atoms with Gasteiger partial charge >= 0.3 is 0 Å². The van der Waals surface area contributed by atoms with Gasteiger partial charge in [0, 0.05) is 56.7 Å². The van der Waals surface area contributed by atoms with Gasteiger partial charge in [0.25, 0.3) is 11.8 Å². The van der Waals surface area contributed by atoms with E-state index in [1.165, 1.54) is 19.1 Å². The summed E-state index contributed by atoms with van der Waals surface area (Å²) < 4.78 is 21.7. The van der Waals surface area contributed by atoms with Crippen molar-refractivity contribution in [1.29, 1.82) is 0 Å². The zero-order valence-electron chi connectivity index (χ0n) is 25.8. The Hall–Kier alpha value is -3.98. The number of rotatable bonds is 25. The van der Waals surface area contributed by atoms with E-state index in [9.17, 15) is 28.8 Å². The fourth-order valence-corrected chi connectivity index (χ4v) is 3.84. The maximum absolute atomic E-state index is 12.1. The molecule has 0 atom stereocenters. The number of aryl methyl sites for hydroxylation is 1. The summed E-state index contributed by atoms with van der Waals surface area (Å²) in [5.74, 6) is -1.32. The standard InChI is InChI=1S/C31H44N4O10/c1-24(36)10-13-32-27(37)7-4-25-2-5-26(6-3-25)34-29(39)12-16-42-18-20-44-22-23-45-21-19-43-17-14-33-28(38)11-15-35-30(40)8-9-31(35)41/h2-3,5-6,8-9H,4,7,10-23H2,1H3,(H,32,37)(H,33,38)(H,34,39). The lowest BCUT2D eigenvalue weighted by atomic mass is 10.1. The smallest absolute Gasteiger partial charge is 0.253 e. The highest BCUT2D eigenvalue weighted by atomic mass is 16.6. The Balaban J connectivity index is 1.34. The molecular weight excluding hydrogens is 588 g/mol. The number of carbonyl (C=O) groups is 6. The molecule has 0 saturated heterocycles. The third-order valence-electron chi connectivity index (χ3n) is 6.30. The van der Waals surface area contributed by atoms with E-state index in [1.54, 1.807) is 12.1 Å². The Morgan fingerprint density at radius 1 is 0.622 bits per heavy atom. The van der Waals surface area contributed by atoms with Gasteiger partial charge in [0.2, 0.25) is 17.7 Å². The van der Waals surface area contributed by atoms with E-state index >= 15 is 0 Å². The Morgan fingerprint density at radius 3 is 1.76 bits per heavy atom. The van der Waals surface area contributed by atoms with Gasteiger partial charge in [-0.05, 0) is 31.0 Å². The third-order valence-corrected chi connectivity index (χ3v) is 6.30. The molecule has 1 aromatic carbocycles. The van der Waals surface area contributed by atoms with E-state index in [-0.39, 0.29) is 49.5 Å². The van der Waals surface area contributed by atoms with Crippen LogP contribution < -0.4 is 16.0 Å². The van der Waals surface area contributed by atoms with Crippen LogP contribution >= 0.6 is 0 Å². The molecule has 5 amide bonds. The zero-order valence-corrected chi connectivity index (χ0v) is 25.8. The van der Waals surface area contributed by atoms with E-state index in [0.717, 1.165) is 10.5 Å². The number of ketones is 1. The topological polar surface area (TPSA) is 179 Å². The summed E-state index contributed by atoms with van der Waals surface area (Å²) in [6, 6.07) is 7.30. The number of ether oxygens (including phenoxy) is 4. The van der Waals surface area contributed by atoms with Crippen molar-refractivity contribution in [3.8, 4) is 0 Å². The summed E-state index contributed by atoms with van der Waals surface area (Å²) in [5.41, 5.74) is 1.63. The van der Waals surface area contributed by atoms with Crippen LogP contribution in [-0.2, 0) is 54.1 Å². The van der Waals surface area contributed by atoms with Gasteiger partial charge in [0.05, 0.1) is 59.3 Å². The van der Waals surface area contributed by atoms with Gasteiger partial charge in [0.15, 0.2) is 0 Å². The van der Waals surface area contributed by atoms with Crippen molar-refractivity contribution in [2.75, 3.05) is 77.8 Å². The molecule has 1 heterocycles. The minimum Gasteiger partial charge on any atom is -0.379 e. The first kappa shape index (κ1) is 37.2.